The van der Waals surface area contributed by atoms with E-state index >= 15 is 0 Å². The van der Waals surface area contributed by atoms with Crippen LogP contribution in [0.15, 0.2) is 16.5 Å². The van der Waals surface area contributed by atoms with E-state index in [0.717, 1.165) is 5.76 Å². The van der Waals surface area contributed by atoms with E-state index in [9.17, 15) is 0 Å². The van der Waals surface area contributed by atoms with Gasteiger partial charge in [0.25, 0.3) is 0 Å². The van der Waals surface area contributed by atoms with Crippen LogP contribution >= 0.6 is 0 Å². The van der Waals surface area contributed by atoms with E-state index in [0.29, 0.717) is 12.4 Å². The predicted octanol–water partition coefficient (Wildman–Crippen LogP) is 0.992. The van der Waals surface area contributed by atoms with Gasteiger partial charge in [-0.1, -0.05) is 0 Å². The van der Waals surface area contributed by atoms with Crippen LogP contribution in [0.25, 0.3) is 0 Å². The van der Waals surface area contributed by atoms with Crippen molar-refractivity contribution in [3.05, 3.63) is 17.9 Å². The molecule has 56 valence electrons. The Morgan fingerprint density at radius 3 is 2.90 bits per heavy atom. The minimum absolute atomic E-state index is 0.125. The zero-order valence-corrected chi connectivity index (χ0v) is 5.92. The molecule has 0 aliphatic rings. The van der Waals surface area contributed by atoms with Gasteiger partial charge in [-0.15, -0.1) is 0 Å². The highest BCUT2D eigenvalue weighted by Gasteiger charge is 1.93. The Hall–Kier alpha value is -0.960. The Labute approximate surface area is 59.7 Å². The van der Waals surface area contributed by atoms with Gasteiger partial charge >= 0.3 is 0 Å². The number of hydrogen-bond acceptors (Lipinski definition) is 3. The first-order chi connectivity index (χ1) is 4.83. The minimum atomic E-state index is 0.125. The molecular formula is C7H11NO2. The predicted molar refractivity (Wildman–Crippen MR) is 39.0 cm³/mol. The van der Waals surface area contributed by atoms with Crippen LogP contribution in [0.5, 0.6) is 0 Å². The topological polar surface area (TPSA) is 45.4 Å². The molecule has 3 nitrogen and oxygen atoms in total. The van der Waals surface area contributed by atoms with Crippen LogP contribution in [0.2, 0.25) is 0 Å². The molecule has 1 rings (SSSR count). The van der Waals surface area contributed by atoms with E-state index in [1.54, 1.807) is 0 Å². The van der Waals surface area contributed by atoms with Crippen LogP contribution in [0, 0.1) is 6.92 Å². The number of nitrogens with one attached hydrogen (secondary N) is 1. The quantitative estimate of drug-likeness (QED) is 0.659. The van der Waals surface area contributed by atoms with Crippen molar-refractivity contribution in [3.8, 4) is 0 Å². The van der Waals surface area contributed by atoms with Crippen molar-refractivity contribution in [2.75, 3.05) is 18.5 Å². The maximum Gasteiger partial charge on any atom is 0.193 e. The minimum Gasteiger partial charge on any atom is -0.446 e. The van der Waals surface area contributed by atoms with Gasteiger partial charge in [-0.2, -0.15) is 0 Å². The van der Waals surface area contributed by atoms with Crippen LogP contribution in [0.3, 0.4) is 0 Å². The molecule has 0 amide bonds. The van der Waals surface area contributed by atoms with Gasteiger partial charge in [0.1, 0.15) is 5.76 Å². The molecule has 0 unspecified atom stereocenters. The molecule has 2 N–H and O–H groups in total. The third-order valence-electron chi connectivity index (χ3n) is 1.15. The summed E-state index contributed by atoms with van der Waals surface area (Å²) in [6.07, 6.45) is 0. The molecule has 3 heteroatoms. The Morgan fingerprint density at radius 2 is 2.40 bits per heavy atom. The third-order valence-corrected chi connectivity index (χ3v) is 1.15. The number of furan rings is 1. The van der Waals surface area contributed by atoms with E-state index in [1.165, 1.54) is 0 Å². The number of aliphatic hydroxyl groups excluding tert-OH is 1. The summed E-state index contributed by atoms with van der Waals surface area (Å²) >= 11 is 0. The number of aryl methyl sites for hydroxylation is 1. The van der Waals surface area contributed by atoms with Crippen molar-refractivity contribution >= 4 is 5.88 Å². The molecule has 0 saturated carbocycles. The van der Waals surface area contributed by atoms with Crippen molar-refractivity contribution in [3.63, 3.8) is 0 Å². The van der Waals surface area contributed by atoms with Crippen molar-refractivity contribution in [2.45, 2.75) is 6.92 Å². The van der Waals surface area contributed by atoms with Crippen LogP contribution in [0.1, 0.15) is 5.76 Å². The Morgan fingerprint density at radius 1 is 1.60 bits per heavy atom. The molecule has 10 heavy (non-hydrogen) atoms. The first-order valence-electron chi connectivity index (χ1n) is 3.24. The van der Waals surface area contributed by atoms with Gasteiger partial charge in [0.05, 0.1) is 6.61 Å². The average molecular weight is 141 g/mol. The molecule has 1 aromatic rings. The highest BCUT2D eigenvalue weighted by molar-refractivity contribution is 5.31. The highest BCUT2D eigenvalue weighted by atomic mass is 16.4. The van der Waals surface area contributed by atoms with Crippen molar-refractivity contribution in [2.24, 2.45) is 0 Å². The maximum absolute atomic E-state index is 8.43. The normalized spacial score (nSPS) is 9.80. The maximum atomic E-state index is 8.43. The van der Waals surface area contributed by atoms with Crippen LogP contribution in [-0.2, 0) is 0 Å². The summed E-state index contributed by atoms with van der Waals surface area (Å²) in [7, 11) is 0. The Balaban J connectivity index is 2.42. The second-order valence-electron chi connectivity index (χ2n) is 2.06. The summed E-state index contributed by atoms with van der Waals surface area (Å²) in [5, 5.41) is 11.3. The van der Waals surface area contributed by atoms with Gasteiger partial charge < -0.3 is 14.8 Å². The van der Waals surface area contributed by atoms with Crippen LogP contribution in [-0.4, -0.2) is 18.3 Å². The zero-order chi connectivity index (χ0) is 7.40. The molecule has 0 radical (unpaired) electrons. The molecular weight excluding hydrogens is 130 g/mol. The van der Waals surface area contributed by atoms with Gasteiger partial charge in [0.2, 0.25) is 0 Å². The van der Waals surface area contributed by atoms with E-state index in [-0.39, 0.29) is 6.61 Å². The second-order valence-corrected chi connectivity index (χ2v) is 2.06. The Kier molecular flexibility index (Phi) is 2.34. The van der Waals surface area contributed by atoms with Gasteiger partial charge in [0, 0.05) is 12.6 Å². The first-order valence-corrected chi connectivity index (χ1v) is 3.24. The summed E-state index contributed by atoms with van der Waals surface area (Å²) in [5.74, 6) is 1.59. The van der Waals surface area contributed by atoms with Crippen molar-refractivity contribution in [1.29, 1.82) is 0 Å². The van der Waals surface area contributed by atoms with Gasteiger partial charge in [-0.3, -0.25) is 0 Å². The molecule has 0 saturated heterocycles. The lowest BCUT2D eigenvalue weighted by atomic mass is 10.5. The largest absolute Gasteiger partial charge is 0.446 e. The Bertz CT molecular complexity index is 195. The zero-order valence-electron chi connectivity index (χ0n) is 5.92. The fourth-order valence-electron chi connectivity index (χ4n) is 0.709. The van der Waals surface area contributed by atoms with E-state index < -0.39 is 0 Å². The molecule has 0 atom stereocenters. The molecule has 0 aliphatic heterocycles. The summed E-state index contributed by atoms with van der Waals surface area (Å²) in [5.41, 5.74) is 0. The van der Waals surface area contributed by atoms with Crippen molar-refractivity contribution < 1.29 is 9.52 Å². The average Bonchev–Trinajstić information content (AvgIpc) is 2.31. The summed E-state index contributed by atoms with van der Waals surface area (Å²) in [6, 6.07) is 3.71. The standard InChI is InChI=1S/C7H11NO2/c1-6-2-3-7(10-6)8-4-5-9/h2-3,8-9H,4-5H2,1H3. The van der Waals surface area contributed by atoms with Crippen LogP contribution in [0.4, 0.5) is 5.88 Å². The number of hydrogen-bond donors (Lipinski definition) is 2. The first kappa shape index (κ1) is 7.15. The molecule has 0 spiro atoms. The molecule has 0 fully saturated rings. The lowest BCUT2D eigenvalue weighted by Crippen LogP contribution is -2.03. The van der Waals surface area contributed by atoms with Gasteiger partial charge in [0.15, 0.2) is 5.88 Å². The summed E-state index contributed by atoms with van der Waals surface area (Å²) in [4.78, 5) is 0. The number of aliphatic hydroxyl groups is 1. The van der Waals surface area contributed by atoms with Gasteiger partial charge in [-0.05, 0) is 13.0 Å². The SMILES string of the molecule is Cc1ccc(NCCO)o1. The highest BCUT2D eigenvalue weighted by Crippen LogP contribution is 2.10. The number of rotatable bonds is 3. The van der Waals surface area contributed by atoms with E-state index in [1.807, 2.05) is 19.1 Å². The number of anilines is 1. The third kappa shape index (κ3) is 1.77. The second kappa shape index (κ2) is 3.27. The summed E-state index contributed by atoms with van der Waals surface area (Å²) in [6.45, 7) is 2.54. The van der Waals surface area contributed by atoms with E-state index in [2.05, 4.69) is 5.32 Å². The molecule has 0 aliphatic carbocycles. The molecule has 1 aromatic heterocycles. The molecule has 0 aromatic carbocycles. The smallest absolute Gasteiger partial charge is 0.193 e. The molecule has 0 bridgehead atoms. The van der Waals surface area contributed by atoms with Gasteiger partial charge in [-0.25, -0.2) is 0 Å². The summed E-state index contributed by atoms with van der Waals surface area (Å²) < 4.78 is 5.16. The monoisotopic (exact) mass is 141 g/mol. The molecule has 1 heterocycles. The lowest BCUT2D eigenvalue weighted by molar-refractivity contribution is 0.310. The van der Waals surface area contributed by atoms with Crippen LogP contribution < -0.4 is 5.32 Å². The van der Waals surface area contributed by atoms with Crippen molar-refractivity contribution in [1.82, 2.24) is 0 Å². The van der Waals surface area contributed by atoms with E-state index in [4.69, 9.17) is 9.52 Å². The lowest BCUT2D eigenvalue weighted by Gasteiger charge is -1.96. The fourth-order valence-corrected chi connectivity index (χ4v) is 0.709. The fraction of sp³-hybridized carbons (Fsp3) is 0.429.